The molecule has 1 aromatic carbocycles. The molecule has 0 aliphatic carbocycles. The summed E-state index contributed by atoms with van der Waals surface area (Å²) in [6.07, 6.45) is 1.11. The highest BCUT2D eigenvalue weighted by molar-refractivity contribution is 5.94. The minimum Gasteiger partial charge on any atom is -0.315 e. The zero-order valence-corrected chi connectivity index (χ0v) is 11.9. The number of hydrogen-bond donors (Lipinski definition) is 1. The van der Waals surface area contributed by atoms with Gasteiger partial charge >= 0.3 is 0 Å². The van der Waals surface area contributed by atoms with E-state index in [1.165, 1.54) is 5.56 Å². The molecule has 4 heteroatoms. The Morgan fingerprint density at radius 1 is 1.26 bits per heavy atom. The second kappa shape index (κ2) is 6.68. The average Bonchev–Trinajstić information content (AvgIpc) is 2.67. The Labute approximate surface area is 115 Å². The molecule has 1 amide bonds. The van der Waals surface area contributed by atoms with Gasteiger partial charge in [-0.3, -0.25) is 9.69 Å². The molecule has 2 rings (SSSR count). The van der Waals surface area contributed by atoms with Crippen LogP contribution in [-0.2, 0) is 4.79 Å². The van der Waals surface area contributed by atoms with Crippen molar-refractivity contribution in [1.29, 1.82) is 0 Å². The lowest BCUT2D eigenvalue weighted by molar-refractivity contribution is -0.119. The number of nitrogens with one attached hydrogen (secondary N) is 1. The highest BCUT2D eigenvalue weighted by Crippen LogP contribution is 2.13. The van der Waals surface area contributed by atoms with Crippen LogP contribution in [0.4, 0.5) is 5.69 Å². The molecule has 1 saturated heterocycles. The second-order valence-electron chi connectivity index (χ2n) is 5.17. The van der Waals surface area contributed by atoms with Crippen LogP contribution in [-0.4, -0.2) is 50.6 Å². The van der Waals surface area contributed by atoms with Gasteiger partial charge in [0.25, 0.3) is 0 Å². The van der Waals surface area contributed by atoms with Gasteiger partial charge < -0.3 is 10.2 Å². The topological polar surface area (TPSA) is 35.6 Å². The number of rotatable bonds is 3. The molecule has 1 N–H and O–H groups in total. The molecule has 1 heterocycles. The van der Waals surface area contributed by atoms with Crippen molar-refractivity contribution in [2.75, 3.05) is 44.7 Å². The number of hydrogen-bond acceptors (Lipinski definition) is 3. The van der Waals surface area contributed by atoms with E-state index in [0.29, 0.717) is 6.54 Å². The molecule has 0 atom stereocenters. The van der Waals surface area contributed by atoms with Crippen molar-refractivity contribution in [3.8, 4) is 0 Å². The van der Waals surface area contributed by atoms with Gasteiger partial charge in [0.15, 0.2) is 0 Å². The molecule has 104 valence electrons. The SMILES string of the molecule is Cc1ccc(N(C)C(=O)CN2CCCNCC2)cc1. The van der Waals surface area contributed by atoms with Gasteiger partial charge in [-0.1, -0.05) is 17.7 Å². The maximum atomic E-state index is 12.3. The molecule has 19 heavy (non-hydrogen) atoms. The summed E-state index contributed by atoms with van der Waals surface area (Å²) in [5.74, 6) is 0.158. The lowest BCUT2D eigenvalue weighted by Gasteiger charge is -2.23. The minimum atomic E-state index is 0.158. The standard InChI is InChI=1S/C15H23N3O/c1-13-4-6-14(7-5-13)17(2)15(19)12-18-10-3-8-16-9-11-18/h4-7,16H,3,8-12H2,1-2H3. The number of anilines is 1. The highest BCUT2D eigenvalue weighted by atomic mass is 16.2. The third-order valence-electron chi connectivity index (χ3n) is 3.59. The van der Waals surface area contributed by atoms with Gasteiger partial charge in [0, 0.05) is 25.8 Å². The number of likely N-dealkylation sites (N-methyl/N-ethyl adjacent to an activating group) is 1. The van der Waals surface area contributed by atoms with E-state index in [2.05, 4.69) is 17.1 Å². The zero-order valence-electron chi connectivity index (χ0n) is 11.9. The van der Waals surface area contributed by atoms with Crippen molar-refractivity contribution in [2.45, 2.75) is 13.3 Å². The third-order valence-corrected chi connectivity index (χ3v) is 3.59. The summed E-state index contributed by atoms with van der Waals surface area (Å²) in [6, 6.07) is 8.07. The first kappa shape index (κ1) is 14.0. The van der Waals surface area contributed by atoms with E-state index in [4.69, 9.17) is 0 Å². The quantitative estimate of drug-likeness (QED) is 0.889. The summed E-state index contributed by atoms with van der Waals surface area (Å²) in [7, 11) is 1.85. The van der Waals surface area contributed by atoms with Crippen molar-refractivity contribution in [1.82, 2.24) is 10.2 Å². The van der Waals surface area contributed by atoms with Crippen molar-refractivity contribution < 1.29 is 4.79 Å². The number of nitrogens with zero attached hydrogens (tertiary/aromatic N) is 2. The summed E-state index contributed by atoms with van der Waals surface area (Å²) in [5.41, 5.74) is 2.17. The monoisotopic (exact) mass is 261 g/mol. The van der Waals surface area contributed by atoms with Crippen LogP contribution in [0.15, 0.2) is 24.3 Å². The first-order valence-electron chi connectivity index (χ1n) is 6.93. The molecule has 1 aliphatic rings. The van der Waals surface area contributed by atoms with Crippen LogP contribution in [0.25, 0.3) is 0 Å². The number of carbonyl (C=O) groups excluding carboxylic acids is 1. The lowest BCUT2D eigenvalue weighted by Crippen LogP contribution is -2.39. The van der Waals surface area contributed by atoms with Gasteiger partial charge in [-0.15, -0.1) is 0 Å². The van der Waals surface area contributed by atoms with Gasteiger partial charge in [-0.25, -0.2) is 0 Å². The Morgan fingerprint density at radius 3 is 2.74 bits per heavy atom. The van der Waals surface area contributed by atoms with E-state index in [1.54, 1.807) is 4.90 Å². The van der Waals surface area contributed by atoms with E-state index >= 15 is 0 Å². The lowest BCUT2D eigenvalue weighted by atomic mass is 10.2. The average molecular weight is 261 g/mol. The van der Waals surface area contributed by atoms with Crippen molar-refractivity contribution in [3.05, 3.63) is 29.8 Å². The molecular formula is C15H23N3O. The third kappa shape index (κ3) is 4.04. The molecule has 0 saturated carbocycles. The molecule has 1 aromatic rings. The fraction of sp³-hybridized carbons (Fsp3) is 0.533. The van der Waals surface area contributed by atoms with Gasteiger partial charge in [-0.05, 0) is 38.6 Å². The number of aryl methyl sites for hydroxylation is 1. The van der Waals surface area contributed by atoms with Crippen LogP contribution in [0.1, 0.15) is 12.0 Å². The van der Waals surface area contributed by atoms with E-state index in [-0.39, 0.29) is 5.91 Å². The van der Waals surface area contributed by atoms with Crippen LogP contribution in [0.2, 0.25) is 0 Å². The molecule has 0 radical (unpaired) electrons. The Morgan fingerprint density at radius 2 is 2.00 bits per heavy atom. The summed E-state index contributed by atoms with van der Waals surface area (Å²) < 4.78 is 0. The van der Waals surface area contributed by atoms with E-state index in [9.17, 15) is 4.79 Å². The van der Waals surface area contributed by atoms with Crippen LogP contribution >= 0.6 is 0 Å². The second-order valence-corrected chi connectivity index (χ2v) is 5.17. The molecule has 0 spiro atoms. The maximum absolute atomic E-state index is 12.3. The molecule has 4 nitrogen and oxygen atoms in total. The molecule has 0 unspecified atom stereocenters. The Kier molecular flexibility index (Phi) is 4.93. The molecule has 1 aliphatic heterocycles. The molecule has 0 aromatic heterocycles. The number of amides is 1. The van der Waals surface area contributed by atoms with E-state index in [1.807, 2.05) is 31.3 Å². The maximum Gasteiger partial charge on any atom is 0.240 e. The number of benzene rings is 1. The van der Waals surface area contributed by atoms with Crippen molar-refractivity contribution >= 4 is 11.6 Å². The van der Waals surface area contributed by atoms with E-state index in [0.717, 1.165) is 38.3 Å². The van der Waals surface area contributed by atoms with Gasteiger partial charge in [-0.2, -0.15) is 0 Å². The Hall–Kier alpha value is -1.39. The Bertz CT molecular complexity index is 408. The fourth-order valence-electron chi connectivity index (χ4n) is 2.27. The first-order chi connectivity index (χ1) is 9.16. The predicted molar refractivity (Wildman–Crippen MR) is 78.5 cm³/mol. The van der Waals surface area contributed by atoms with Crippen LogP contribution in [0.3, 0.4) is 0 Å². The van der Waals surface area contributed by atoms with Gasteiger partial charge in [0.1, 0.15) is 0 Å². The first-order valence-corrected chi connectivity index (χ1v) is 6.93. The normalized spacial score (nSPS) is 16.9. The van der Waals surface area contributed by atoms with Crippen LogP contribution < -0.4 is 10.2 Å². The van der Waals surface area contributed by atoms with Crippen molar-refractivity contribution in [2.24, 2.45) is 0 Å². The molecular weight excluding hydrogens is 238 g/mol. The molecule has 0 bridgehead atoms. The highest BCUT2D eigenvalue weighted by Gasteiger charge is 2.16. The van der Waals surface area contributed by atoms with E-state index < -0.39 is 0 Å². The summed E-state index contributed by atoms with van der Waals surface area (Å²) in [6.45, 7) is 6.54. The fourth-order valence-corrected chi connectivity index (χ4v) is 2.27. The van der Waals surface area contributed by atoms with Gasteiger partial charge in [0.2, 0.25) is 5.91 Å². The summed E-state index contributed by atoms with van der Waals surface area (Å²) in [4.78, 5) is 16.2. The number of carbonyl (C=O) groups is 1. The van der Waals surface area contributed by atoms with Gasteiger partial charge in [0.05, 0.1) is 6.54 Å². The predicted octanol–water partition coefficient (Wildman–Crippen LogP) is 1.25. The molecule has 1 fully saturated rings. The van der Waals surface area contributed by atoms with Crippen LogP contribution in [0, 0.1) is 6.92 Å². The Balaban J connectivity index is 1.93. The minimum absolute atomic E-state index is 0.158. The smallest absolute Gasteiger partial charge is 0.240 e. The summed E-state index contributed by atoms with van der Waals surface area (Å²) >= 11 is 0. The van der Waals surface area contributed by atoms with Crippen LogP contribution in [0.5, 0.6) is 0 Å². The zero-order chi connectivity index (χ0) is 13.7. The van der Waals surface area contributed by atoms with Crippen molar-refractivity contribution in [3.63, 3.8) is 0 Å². The summed E-state index contributed by atoms with van der Waals surface area (Å²) in [5, 5.41) is 3.35. The largest absolute Gasteiger partial charge is 0.315 e.